The Labute approximate surface area is 127 Å². The Morgan fingerprint density at radius 2 is 2.05 bits per heavy atom. The number of urea groups is 1. The molecule has 112 valence electrons. The maximum Gasteiger partial charge on any atom is 0.319 e. The minimum Gasteiger partial charge on any atom is -0.336 e. The molecule has 2 N–H and O–H groups in total. The van der Waals surface area contributed by atoms with E-state index in [0.29, 0.717) is 5.69 Å². The minimum atomic E-state index is -0.356. The molecule has 0 spiro atoms. The van der Waals surface area contributed by atoms with Gasteiger partial charge in [0, 0.05) is 18.8 Å². The fourth-order valence-electron chi connectivity index (χ4n) is 1.87. The highest BCUT2D eigenvalue weighted by Gasteiger charge is 2.29. The quantitative estimate of drug-likeness (QED) is 0.893. The number of benzene rings is 1. The fourth-order valence-corrected chi connectivity index (χ4v) is 2.62. The van der Waals surface area contributed by atoms with E-state index in [9.17, 15) is 14.4 Å². The molecule has 0 radical (unpaired) electrons. The third-order valence-corrected chi connectivity index (χ3v) is 4.08. The Morgan fingerprint density at radius 3 is 2.67 bits per heavy atom. The number of anilines is 1. The van der Waals surface area contributed by atoms with Crippen molar-refractivity contribution in [3.63, 3.8) is 0 Å². The van der Waals surface area contributed by atoms with Crippen molar-refractivity contribution in [1.82, 2.24) is 10.2 Å². The Bertz CT molecular complexity index is 573. The number of carbonyl (C=O) groups is 3. The summed E-state index contributed by atoms with van der Waals surface area (Å²) >= 11 is 0.987. The average Bonchev–Trinajstić information content (AvgIpc) is 2.74. The van der Waals surface area contributed by atoms with E-state index in [4.69, 9.17) is 0 Å². The third-order valence-electron chi connectivity index (χ3n) is 3.23. The van der Waals surface area contributed by atoms with Crippen LogP contribution in [0.3, 0.4) is 0 Å². The van der Waals surface area contributed by atoms with Gasteiger partial charge in [-0.3, -0.25) is 14.5 Å². The van der Waals surface area contributed by atoms with Crippen LogP contribution in [0.4, 0.5) is 15.3 Å². The molecule has 1 saturated heterocycles. The van der Waals surface area contributed by atoms with Crippen molar-refractivity contribution in [2.24, 2.45) is 0 Å². The van der Waals surface area contributed by atoms with E-state index >= 15 is 0 Å². The maximum absolute atomic E-state index is 11.7. The highest BCUT2D eigenvalue weighted by atomic mass is 32.2. The predicted octanol–water partition coefficient (Wildman–Crippen LogP) is 2.12. The molecule has 1 aliphatic rings. The number of hydrogen-bond donors (Lipinski definition) is 2. The molecular weight excluding hydrogens is 290 g/mol. The molecule has 0 unspecified atom stereocenters. The average molecular weight is 307 g/mol. The van der Waals surface area contributed by atoms with Crippen LogP contribution in [0.2, 0.25) is 0 Å². The zero-order chi connectivity index (χ0) is 15.4. The van der Waals surface area contributed by atoms with Crippen molar-refractivity contribution in [1.29, 1.82) is 0 Å². The molecule has 0 saturated carbocycles. The first-order chi connectivity index (χ1) is 9.97. The lowest BCUT2D eigenvalue weighted by molar-refractivity contribution is -0.124. The Kier molecular flexibility index (Phi) is 4.85. The van der Waals surface area contributed by atoms with Crippen LogP contribution < -0.4 is 10.6 Å². The number of aryl methyl sites for hydroxylation is 2. The number of imide groups is 1. The monoisotopic (exact) mass is 307 g/mol. The summed E-state index contributed by atoms with van der Waals surface area (Å²) in [4.78, 5) is 35.6. The number of rotatable bonds is 4. The molecule has 6 nitrogen and oxygen atoms in total. The molecule has 21 heavy (non-hydrogen) atoms. The molecule has 0 bridgehead atoms. The van der Waals surface area contributed by atoms with Gasteiger partial charge in [0.25, 0.3) is 5.24 Å². The summed E-state index contributed by atoms with van der Waals surface area (Å²) in [5.41, 5.74) is 2.96. The van der Waals surface area contributed by atoms with Crippen LogP contribution >= 0.6 is 11.8 Å². The van der Waals surface area contributed by atoms with Crippen LogP contribution in [0.15, 0.2) is 18.2 Å². The Balaban J connectivity index is 1.78. The molecule has 0 atom stereocenters. The summed E-state index contributed by atoms with van der Waals surface area (Å²) in [6.45, 7) is 4.40. The van der Waals surface area contributed by atoms with Crippen molar-refractivity contribution in [3.8, 4) is 0 Å². The van der Waals surface area contributed by atoms with E-state index in [1.165, 1.54) is 0 Å². The molecule has 0 aromatic heterocycles. The summed E-state index contributed by atoms with van der Waals surface area (Å²) in [5.74, 6) is -0.0189. The molecule has 1 heterocycles. The zero-order valence-corrected chi connectivity index (χ0v) is 12.8. The van der Waals surface area contributed by atoms with E-state index in [1.54, 1.807) is 0 Å². The number of nitrogens with one attached hydrogen (secondary N) is 2. The molecule has 4 amide bonds. The Morgan fingerprint density at radius 1 is 1.29 bits per heavy atom. The summed E-state index contributed by atoms with van der Waals surface area (Å²) in [6, 6.07) is 5.29. The van der Waals surface area contributed by atoms with Crippen molar-refractivity contribution in [2.45, 2.75) is 13.8 Å². The molecule has 1 aromatic carbocycles. The zero-order valence-electron chi connectivity index (χ0n) is 11.9. The van der Waals surface area contributed by atoms with Gasteiger partial charge >= 0.3 is 6.03 Å². The summed E-state index contributed by atoms with van der Waals surface area (Å²) in [6.07, 6.45) is 0. The summed E-state index contributed by atoms with van der Waals surface area (Å²) in [7, 11) is 0. The second kappa shape index (κ2) is 6.62. The molecule has 1 aliphatic heterocycles. The van der Waals surface area contributed by atoms with E-state index < -0.39 is 0 Å². The normalized spacial score (nSPS) is 14.5. The van der Waals surface area contributed by atoms with Crippen LogP contribution in [-0.4, -0.2) is 40.9 Å². The van der Waals surface area contributed by atoms with Gasteiger partial charge in [-0.05, 0) is 37.1 Å². The van der Waals surface area contributed by atoms with E-state index in [2.05, 4.69) is 10.6 Å². The van der Waals surface area contributed by atoms with Gasteiger partial charge in [0.2, 0.25) is 5.91 Å². The van der Waals surface area contributed by atoms with Crippen molar-refractivity contribution < 1.29 is 14.4 Å². The van der Waals surface area contributed by atoms with Gasteiger partial charge < -0.3 is 10.6 Å². The van der Waals surface area contributed by atoms with E-state index in [0.717, 1.165) is 27.8 Å². The lowest BCUT2D eigenvalue weighted by Gasteiger charge is -2.13. The van der Waals surface area contributed by atoms with Gasteiger partial charge in [0.1, 0.15) is 0 Å². The number of nitrogens with zero attached hydrogens (tertiary/aromatic N) is 1. The highest BCUT2D eigenvalue weighted by molar-refractivity contribution is 8.14. The van der Waals surface area contributed by atoms with Gasteiger partial charge in [-0.2, -0.15) is 0 Å². The minimum absolute atomic E-state index is 0.188. The number of hydrogen-bond acceptors (Lipinski definition) is 4. The number of carbonyl (C=O) groups excluding carboxylic acids is 3. The maximum atomic E-state index is 11.7. The van der Waals surface area contributed by atoms with Crippen LogP contribution in [0.5, 0.6) is 0 Å². The van der Waals surface area contributed by atoms with Crippen molar-refractivity contribution >= 4 is 34.6 Å². The van der Waals surface area contributed by atoms with E-state index in [1.807, 2.05) is 32.0 Å². The van der Waals surface area contributed by atoms with Crippen LogP contribution in [0.25, 0.3) is 0 Å². The molecule has 7 heteroatoms. The topological polar surface area (TPSA) is 78.5 Å². The lowest BCUT2D eigenvalue weighted by Crippen LogP contribution is -2.39. The largest absolute Gasteiger partial charge is 0.336 e. The third kappa shape index (κ3) is 3.98. The van der Waals surface area contributed by atoms with Crippen molar-refractivity contribution in [3.05, 3.63) is 29.3 Å². The second-order valence-electron chi connectivity index (χ2n) is 4.78. The van der Waals surface area contributed by atoms with Gasteiger partial charge in [-0.1, -0.05) is 17.8 Å². The molecule has 1 aromatic rings. The van der Waals surface area contributed by atoms with Gasteiger partial charge in [0.15, 0.2) is 0 Å². The predicted molar refractivity (Wildman–Crippen MR) is 82.5 cm³/mol. The smallest absolute Gasteiger partial charge is 0.319 e. The molecule has 0 aliphatic carbocycles. The summed E-state index contributed by atoms with van der Waals surface area (Å²) in [5, 5.41) is 5.09. The first kappa shape index (κ1) is 15.4. The first-order valence-corrected chi connectivity index (χ1v) is 7.55. The Hall–Kier alpha value is -2.02. The lowest BCUT2D eigenvalue weighted by atomic mass is 10.1. The van der Waals surface area contributed by atoms with Crippen LogP contribution in [0.1, 0.15) is 11.1 Å². The van der Waals surface area contributed by atoms with Crippen LogP contribution in [-0.2, 0) is 4.79 Å². The van der Waals surface area contributed by atoms with Gasteiger partial charge in [0.05, 0.1) is 5.75 Å². The second-order valence-corrected chi connectivity index (χ2v) is 5.71. The van der Waals surface area contributed by atoms with E-state index in [-0.39, 0.29) is 36.0 Å². The van der Waals surface area contributed by atoms with Crippen LogP contribution in [0, 0.1) is 13.8 Å². The standard InChI is InChI=1S/C14H17N3O3S/c1-9-3-4-11(7-10(9)2)16-13(19)15-5-6-17-12(18)8-21-14(17)20/h3-4,7H,5-6,8H2,1-2H3,(H2,15,16,19). The molecular formula is C14H17N3O3S. The first-order valence-electron chi connectivity index (χ1n) is 6.56. The summed E-state index contributed by atoms with van der Waals surface area (Å²) < 4.78 is 0. The molecule has 1 fully saturated rings. The van der Waals surface area contributed by atoms with Gasteiger partial charge in [-0.15, -0.1) is 0 Å². The molecule has 2 rings (SSSR count). The number of thioether (sulfide) groups is 1. The van der Waals surface area contributed by atoms with Gasteiger partial charge in [-0.25, -0.2) is 4.79 Å². The SMILES string of the molecule is Cc1ccc(NC(=O)NCCN2C(=O)CSC2=O)cc1C. The van der Waals surface area contributed by atoms with Crippen molar-refractivity contribution in [2.75, 3.05) is 24.2 Å². The number of amides is 4. The fraction of sp³-hybridized carbons (Fsp3) is 0.357. The highest BCUT2D eigenvalue weighted by Crippen LogP contribution is 2.17.